The number of rotatable bonds is 6. The van der Waals surface area contributed by atoms with Gasteiger partial charge in [-0.25, -0.2) is 9.37 Å². The van der Waals surface area contributed by atoms with Crippen molar-refractivity contribution in [3.8, 4) is 5.75 Å². The highest BCUT2D eigenvalue weighted by molar-refractivity contribution is 6.34. The Balaban J connectivity index is 1.56. The van der Waals surface area contributed by atoms with E-state index in [0.717, 1.165) is 16.6 Å². The second-order valence-corrected chi connectivity index (χ2v) is 7.42. The Hall–Kier alpha value is -3.32. The number of Topliss-reactive ketones (excluding diaryl/α,β-unsaturated/α-hetero) is 1. The topological polar surface area (TPSA) is 80.8 Å². The fraction of sp³-hybridized carbons (Fsp3) is 0.182. The van der Waals surface area contributed by atoms with Gasteiger partial charge in [-0.15, -0.1) is 0 Å². The number of aryl methyl sites for hydroxylation is 2. The number of aromatic amines is 1. The summed E-state index contributed by atoms with van der Waals surface area (Å²) in [6, 6.07) is 8.37. The maximum absolute atomic E-state index is 15.0. The van der Waals surface area contributed by atoms with Crippen LogP contribution in [0.25, 0.3) is 11.0 Å². The molecule has 6 nitrogen and oxygen atoms in total. The van der Waals surface area contributed by atoms with Crippen LogP contribution in [0, 0.1) is 19.7 Å². The summed E-state index contributed by atoms with van der Waals surface area (Å²) in [5, 5.41) is 7.76. The van der Waals surface area contributed by atoms with Crippen molar-refractivity contribution in [2.45, 2.75) is 26.9 Å². The summed E-state index contributed by atoms with van der Waals surface area (Å²) >= 11 is 6.14. The molecule has 8 heteroatoms. The lowest BCUT2D eigenvalue weighted by molar-refractivity contribution is 0.0988. The number of nitrogens with one attached hydrogen (secondary N) is 1. The molecule has 30 heavy (non-hydrogen) atoms. The zero-order valence-corrected chi connectivity index (χ0v) is 17.1. The highest BCUT2D eigenvalue weighted by Crippen LogP contribution is 2.29. The maximum atomic E-state index is 15.0. The maximum Gasteiger partial charge on any atom is 0.181 e. The summed E-state index contributed by atoms with van der Waals surface area (Å²) in [5.74, 6) is -1.30. The van der Waals surface area contributed by atoms with Gasteiger partial charge in [-0.05, 0) is 49.2 Å². The van der Waals surface area contributed by atoms with Gasteiger partial charge in [0, 0.05) is 29.9 Å². The van der Waals surface area contributed by atoms with Gasteiger partial charge in [-0.3, -0.25) is 14.9 Å². The Morgan fingerprint density at radius 3 is 2.77 bits per heavy atom. The molecule has 0 aliphatic carbocycles. The Morgan fingerprint density at radius 1 is 1.17 bits per heavy atom. The average molecular weight is 425 g/mol. The average Bonchev–Trinajstić information content (AvgIpc) is 3.09. The standard InChI is InChI=1S/C22H18ClFN4O2/c1-12-3-4-15(25-9-12)11-30-19-6-5-17(23)20(21(19)24)18(29)8-14-7-16-13(2)27-28-22(16)26-10-14/h3-7,9-10H,8,11H2,1-2H3,(H,26,27,28). The predicted octanol–water partition coefficient (Wildman–Crippen LogP) is 4.77. The van der Waals surface area contributed by atoms with Crippen molar-refractivity contribution in [2.24, 2.45) is 0 Å². The highest BCUT2D eigenvalue weighted by atomic mass is 35.5. The van der Waals surface area contributed by atoms with Gasteiger partial charge in [0.15, 0.2) is 23.0 Å². The van der Waals surface area contributed by atoms with Gasteiger partial charge in [0.25, 0.3) is 0 Å². The van der Waals surface area contributed by atoms with Crippen molar-refractivity contribution in [1.29, 1.82) is 0 Å². The van der Waals surface area contributed by atoms with E-state index in [-0.39, 0.29) is 29.4 Å². The van der Waals surface area contributed by atoms with E-state index in [9.17, 15) is 4.79 Å². The predicted molar refractivity (Wildman–Crippen MR) is 111 cm³/mol. The van der Waals surface area contributed by atoms with E-state index in [4.69, 9.17) is 16.3 Å². The molecule has 0 fully saturated rings. The zero-order valence-electron chi connectivity index (χ0n) is 16.4. The number of fused-ring (bicyclic) bond motifs is 1. The van der Waals surface area contributed by atoms with Gasteiger partial charge in [-0.1, -0.05) is 17.7 Å². The van der Waals surface area contributed by atoms with Crippen LogP contribution in [0.4, 0.5) is 4.39 Å². The smallest absolute Gasteiger partial charge is 0.181 e. The lowest BCUT2D eigenvalue weighted by Gasteiger charge is -2.11. The molecule has 0 amide bonds. The lowest BCUT2D eigenvalue weighted by Crippen LogP contribution is -2.09. The van der Waals surface area contributed by atoms with Crippen LogP contribution in [-0.4, -0.2) is 25.9 Å². The van der Waals surface area contributed by atoms with E-state index in [0.29, 0.717) is 16.9 Å². The number of pyridine rings is 2. The lowest BCUT2D eigenvalue weighted by atomic mass is 10.0. The molecule has 152 valence electrons. The van der Waals surface area contributed by atoms with E-state index < -0.39 is 11.6 Å². The normalized spacial score (nSPS) is 11.1. The van der Waals surface area contributed by atoms with Crippen LogP contribution in [0.1, 0.15) is 32.9 Å². The number of ether oxygens (including phenoxy) is 1. The number of halogens is 2. The van der Waals surface area contributed by atoms with Crippen LogP contribution >= 0.6 is 11.6 Å². The molecule has 0 unspecified atom stereocenters. The van der Waals surface area contributed by atoms with E-state index in [1.54, 1.807) is 18.5 Å². The molecule has 3 heterocycles. The Labute approximate surface area is 177 Å². The number of hydrogen-bond donors (Lipinski definition) is 1. The molecule has 4 aromatic rings. The third-order valence-electron chi connectivity index (χ3n) is 4.70. The largest absolute Gasteiger partial charge is 0.484 e. The second kappa shape index (κ2) is 8.20. The minimum absolute atomic E-state index is 0.0341. The van der Waals surface area contributed by atoms with Crippen molar-refractivity contribution in [1.82, 2.24) is 20.2 Å². The van der Waals surface area contributed by atoms with Crippen molar-refractivity contribution < 1.29 is 13.9 Å². The second-order valence-electron chi connectivity index (χ2n) is 7.01. The molecule has 4 rings (SSSR count). The number of hydrogen-bond acceptors (Lipinski definition) is 5. The number of carbonyl (C=O) groups is 1. The SMILES string of the molecule is Cc1ccc(COc2ccc(Cl)c(C(=O)Cc3cnc4n[nH]c(C)c4c3)c2F)nc1. The van der Waals surface area contributed by atoms with E-state index in [1.165, 1.54) is 12.1 Å². The van der Waals surface area contributed by atoms with Gasteiger partial charge in [0.1, 0.15) is 6.61 Å². The molecule has 0 aliphatic heterocycles. The summed E-state index contributed by atoms with van der Waals surface area (Å²) in [6.07, 6.45) is 3.21. The molecule has 0 aliphatic rings. The Kier molecular flexibility index (Phi) is 5.46. The first-order valence-corrected chi connectivity index (χ1v) is 9.65. The third kappa shape index (κ3) is 4.02. The molecular formula is C22H18ClFN4O2. The minimum Gasteiger partial charge on any atom is -0.484 e. The summed E-state index contributed by atoms with van der Waals surface area (Å²) < 4.78 is 20.6. The Morgan fingerprint density at radius 2 is 2.00 bits per heavy atom. The molecular weight excluding hydrogens is 407 g/mol. The van der Waals surface area contributed by atoms with Gasteiger partial charge in [0.05, 0.1) is 16.3 Å². The quantitative estimate of drug-likeness (QED) is 0.451. The number of H-pyrrole nitrogens is 1. The first-order valence-electron chi connectivity index (χ1n) is 9.27. The molecule has 0 radical (unpaired) electrons. The van der Waals surface area contributed by atoms with Crippen molar-refractivity contribution in [3.63, 3.8) is 0 Å². The molecule has 1 N–H and O–H groups in total. The van der Waals surface area contributed by atoms with Crippen LogP contribution in [0.15, 0.2) is 42.7 Å². The van der Waals surface area contributed by atoms with Gasteiger partial charge < -0.3 is 4.74 Å². The molecule has 1 aromatic carbocycles. The fourth-order valence-corrected chi connectivity index (χ4v) is 3.32. The third-order valence-corrected chi connectivity index (χ3v) is 5.02. The van der Waals surface area contributed by atoms with E-state index >= 15 is 4.39 Å². The number of benzene rings is 1. The molecule has 3 aromatic heterocycles. The summed E-state index contributed by atoms with van der Waals surface area (Å²) in [7, 11) is 0. The molecule has 0 saturated carbocycles. The van der Waals surface area contributed by atoms with Crippen molar-refractivity contribution >= 4 is 28.4 Å². The zero-order chi connectivity index (χ0) is 21.3. The monoisotopic (exact) mass is 424 g/mol. The van der Waals surface area contributed by atoms with Gasteiger partial charge >= 0.3 is 0 Å². The van der Waals surface area contributed by atoms with Crippen molar-refractivity contribution in [2.75, 3.05) is 0 Å². The van der Waals surface area contributed by atoms with Crippen molar-refractivity contribution in [3.05, 3.63) is 81.6 Å². The first-order chi connectivity index (χ1) is 14.4. The number of nitrogens with zero attached hydrogens (tertiary/aromatic N) is 3. The molecule has 0 spiro atoms. The number of carbonyl (C=O) groups excluding carboxylic acids is 1. The van der Waals surface area contributed by atoms with Crippen LogP contribution in [0.3, 0.4) is 0 Å². The van der Waals surface area contributed by atoms with Crippen LogP contribution in [0.2, 0.25) is 5.02 Å². The van der Waals surface area contributed by atoms with Gasteiger partial charge in [0.2, 0.25) is 0 Å². The van der Waals surface area contributed by atoms with Crippen LogP contribution in [0.5, 0.6) is 5.75 Å². The highest BCUT2D eigenvalue weighted by Gasteiger charge is 2.21. The van der Waals surface area contributed by atoms with E-state index in [1.807, 2.05) is 26.0 Å². The summed E-state index contributed by atoms with van der Waals surface area (Å²) in [5.41, 5.74) is 3.52. The van der Waals surface area contributed by atoms with E-state index in [2.05, 4.69) is 20.2 Å². The fourth-order valence-electron chi connectivity index (χ4n) is 3.07. The summed E-state index contributed by atoms with van der Waals surface area (Å²) in [4.78, 5) is 21.3. The number of aromatic nitrogens is 4. The summed E-state index contributed by atoms with van der Waals surface area (Å²) in [6.45, 7) is 3.87. The molecule has 0 saturated heterocycles. The van der Waals surface area contributed by atoms with Gasteiger partial charge in [-0.2, -0.15) is 5.10 Å². The first kappa shape index (κ1) is 20.0. The molecule has 0 atom stereocenters. The Bertz CT molecular complexity index is 1240. The van der Waals surface area contributed by atoms with Crippen LogP contribution in [-0.2, 0) is 13.0 Å². The molecule has 0 bridgehead atoms. The van der Waals surface area contributed by atoms with Crippen LogP contribution < -0.4 is 4.74 Å². The number of ketones is 1. The minimum atomic E-state index is -0.784.